The summed E-state index contributed by atoms with van der Waals surface area (Å²) in [6, 6.07) is 12.2. The van der Waals surface area contributed by atoms with Crippen molar-refractivity contribution >= 4 is 46.1 Å². The van der Waals surface area contributed by atoms with Gasteiger partial charge in [-0.2, -0.15) is 0 Å². The van der Waals surface area contributed by atoms with E-state index in [0.717, 1.165) is 11.3 Å². The quantitative estimate of drug-likeness (QED) is 0.646. The molecule has 0 saturated carbocycles. The summed E-state index contributed by atoms with van der Waals surface area (Å²) in [5.74, 6) is -0.996. The third kappa shape index (κ3) is 5.57. The van der Waals surface area contributed by atoms with Crippen molar-refractivity contribution in [2.45, 2.75) is 12.8 Å². The lowest BCUT2D eigenvalue weighted by Crippen LogP contribution is -2.12. The average molecular weight is 405 g/mol. The van der Waals surface area contributed by atoms with E-state index in [1.54, 1.807) is 24.3 Å². The highest BCUT2D eigenvalue weighted by Crippen LogP contribution is 2.16. The number of aryl methyl sites for hydroxylation is 1. The Morgan fingerprint density at radius 3 is 2.30 bits per heavy atom. The van der Waals surface area contributed by atoms with Gasteiger partial charge >= 0.3 is 0 Å². The zero-order chi connectivity index (χ0) is 19.2. The first-order chi connectivity index (χ1) is 13.0. The summed E-state index contributed by atoms with van der Waals surface area (Å²) >= 11 is 6.91. The minimum atomic E-state index is -0.434. The first kappa shape index (κ1) is 18.9. The number of amides is 2. The van der Waals surface area contributed by atoms with Gasteiger partial charge in [-0.1, -0.05) is 22.9 Å². The number of carbonyl (C=O) groups excluding carboxylic acids is 2. The van der Waals surface area contributed by atoms with Gasteiger partial charge in [0, 0.05) is 29.2 Å². The van der Waals surface area contributed by atoms with Crippen molar-refractivity contribution in [2.24, 2.45) is 0 Å². The molecule has 27 heavy (non-hydrogen) atoms. The molecular weight excluding hydrogens is 391 g/mol. The number of anilines is 2. The van der Waals surface area contributed by atoms with Crippen molar-refractivity contribution in [1.29, 1.82) is 0 Å². The van der Waals surface area contributed by atoms with E-state index in [9.17, 15) is 14.0 Å². The van der Waals surface area contributed by atoms with Crippen LogP contribution in [0.15, 0.2) is 48.5 Å². The number of aromatic nitrogens is 2. The van der Waals surface area contributed by atoms with Crippen molar-refractivity contribution in [1.82, 2.24) is 10.2 Å². The van der Waals surface area contributed by atoms with Crippen molar-refractivity contribution in [2.75, 3.05) is 10.6 Å². The number of benzene rings is 2. The zero-order valence-corrected chi connectivity index (χ0v) is 15.5. The van der Waals surface area contributed by atoms with E-state index in [0.29, 0.717) is 27.8 Å². The first-order valence-electron chi connectivity index (χ1n) is 7.94. The van der Waals surface area contributed by atoms with E-state index < -0.39 is 5.91 Å². The molecule has 1 heterocycles. The molecule has 2 N–H and O–H groups in total. The topological polar surface area (TPSA) is 84.0 Å². The lowest BCUT2D eigenvalue weighted by molar-refractivity contribution is -0.116. The average Bonchev–Trinajstić information content (AvgIpc) is 3.13. The lowest BCUT2D eigenvalue weighted by atomic mass is 10.2. The fourth-order valence-corrected chi connectivity index (χ4v) is 3.00. The summed E-state index contributed by atoms with van der Waals surface area (Å²) in [6.07, 6.45) is 0.567. The van der Waals surface area contributed by atoms with Gasteiger partial charge in [0.1, 0.15) is 10.8 Å². The molecule has 3 aromatic rings. The highest BCUT2D eigenvalue weighted by atomic mass is 35.5. The number of nitrogens with one attached hydrogen (secondary N) is 2. The van der Waals surface area contributed by atoms with Crippen LogP contribution >= 0.6 is 22.9 Å². The van der Waals surface area contributed by atoms with Crippen molar-refractivity contribution in [3.05, 3.63) is 69.4 Å². The molecule has 138 valence electrons. The van der Waals surface area contributed by atoms with Gasteiger partial charge in [0.15, 0.2) is 0 Å². The molecule has 0 fully saturated rings. The lowest BCUT2D eigenvalue weighted by Gasteiger charge is -2.04. The molecule has 1 aromatic heterocycles. The molecule has 9 heteroatoms. The van der Waals surface area contributed by atoms with Crippen molar-refractivity contribution in [3.63, 3.8) is 0 Å². The van der Waals surface area contributed by atoms with E-state index >= 15 is 0 Å². The maximum Gasteiger partial charge on any atom is 0.286 e. The highest BCUT2D eigenvalue weighted by Gasteiger charge is 2.14. The molecule has 0 atom stereocenters. The van der Waals surface area contributed by atoms with Crippen molar-refractivity contribution in [3.8, 4) is 0 Å². The molecule has 0 aliphatic heterocycles. The molecule has 2 amide bonds. The minimum Gasteiger partial charge on any atom is -0.326 e. The third-order valence-electron chi connectivity index (χ3n) is 3.46. The van der Waals surface area contributed by atoms with Crippen LogP contribution in [0.4, 0.5) is 15.8 Å². The fourth-order valence-electron chi connectivity index (χ4n) is 2.14. The van der Waals surface area contributed by atoms with E-state index in [-0.39, 0.29) is 23.2 Å². The van der Waals surface area contributed by atoms with Gasteiger partial charge in [0.2, 0.25) is 10.9 Å². The molecule has 0 aliphatic rings. The van der Waals surface area contributed by atoms with Crippen molar-refractivity contribution < 1.29 is 14.0 Å². The summed E-state index contributed by atoms with van der Waals surface area (Å²) < 4.78 is 12.9. The second-order valence-electron chi connectivity index (χ2n) is 5.52. The Bertz CT molecular complexity index is 945. The monoisotopic (exact) mass is 404 g/mol. The maximum absolute atomic E-state index is 12.9. The number of carbonyl (C=O) groups is 2. The molecule has 2 aromatic carbocycles. The third-order valence-corrected chi connectivity index (χ3v) is 4.69. The summed E-state index contributed by atoms with van der Waals surface area (Å²) in [5.41, 5.74) is 1.11. The molecular formula is C18H14ClFN4O2S. The predicted octanol–water partition coefficient (Wildman–Crippen LogP) is 4.15. The molecule has 0 aliphatic carbocycles. The predicted molar refractivity (Wildman–Crippen MR) is 103 cm³/mol. The van der Waals surface area contributed by atoms with Crippen LogP contribution in [0.1, 0.15) is 21.2 Å². The largest absolute Gasteiger partial charge is 0.326 e. The maximum atomic E-state index is 12.9. The first-order valence-corrected chi connectivity index (χ1v) is 9.14. The summed E-state index contributed by atoms with van der Waals surface area (Å²) in [4.78, 5) is 24.1. The van der Waals surface area contributed by atoms with E-state index in [4.69, 9.17) is 11.6 Å². The number of hydrogen-bond donors (Lipinski definition) is 2. The van der Waals surface area contributed by atoms with Gasteiger partial charge in [0.05, 0.1) is 0 Å². The van der Waals surface area contributed by atoms with Gasteiger partial charge in [-0.25, -0.2) is 4.39 Å². The van der Waals surface area contributed by atoms with E-state index in [1.807, 2.05) is 0 Å². The van der Waals surface area contributed by atoms with Crippen LogP contribution in [-0.2, 0) is 11.2 Å². The van der Waals surface area contributed by atoms with Gasteiger partial charge in [-0.05, 0) is 48.5 Å². The Kier molecular flexibility index (Phi) is 6.10. The SMILES string of the molecule is O=C(CCc1nnc(C(=O)Nc2ccc(F)cc2)s1)Nc1ccc(Cl)cc1. The summed E-state index contributed by atoms with van der Waals surface area (Å²) in [5, 5.41) is 14.5. The molecule has 0 spiro atoms. The minimum absolute atomic E-state index is 0.174. The second-order valence-corrected chi connectivity index (χ2v) is 7.02. The summed E-state index contributed by atoms with van der Waals surface area (Å²) in [6.45, 7) is 0. The van der Waals surface area contributed by atoms with Gasteiger partial charge in [0.25, 0.3) is 5.91 Å². The van der Waals surface area contributed by atoms with E-state index in [2.05, 4.69) is 20.8 Å². The van der Waals surface area contributed by atoms with Crippen LogP contribution in [0.25, 0.3) is 0 Å². The van der Waals surface area contributed by atoms with Crippen LogP contribution in [0, 0.1) is 5.82 Å². The number of hydrogen-bond acceptors (Lipinski definition) is 5. The summed E-state index contributed by atoms with van der Waals surface area (Å²) in [7, 11) is 0. The number of nitrogens with zero attached hydrogens (tertiary/aromatic N) is 2. The molecule has 0 bridgehead atoms. The molecule has 0 unspecified atom stereocenters. The standard InChI is InChI=1S/C18H14ClFN4O2S/c19-11-1-5-13(6-2-11)21-15(25)9-10-16-23-24-18(27-16)17(26)22-14-7-3-12(20)4-8-14/h1-8H,9-10H2,(H,21,25)(H,22,26). The Morgan fingerprint density at radius 1 is 0.963 bits per heavy atom. The van der Waals surface area contributed by atoms with Crippen LogP contribution in [0.3, 0.4) is 0 Å². The molecule has 6 nitrogen and oxygen atoms in total. The van der Waals surface area contributed by atoms with Crippen LogP contribution in [0.5, 0.6) is 0 Å². The number of rotatable bonds is 6. The Hall–Kier alpha value is -2.84. The molecule has 0 radical (unpaired) electrons. The Labute approximate surface area is 163 Å². The molecule has 0 saturated heterocycles. The van der Waals surface area contributed by atoms with Gasteiger partial charge in [-0.15, -0.1) is 10.2 Å². The van der Waals surface area contributed by atoms with Crippen LogP contribution in [0.2, 0.25) is 5.02 Å². The van der Waals surface area contributed by atoms with Gasteiger partial charge < -0.3 is 10.6 Å². The molecule has 3 rings (SSSR count). The fraction of sp³-hybridized carbons (Fsp3) is 0.111. The zero-order valence-electron chi connectivity index (χ0n) is 13.9. The van der Waals surface area contributed by atoms with Crippen LogP contribution in [-0.4, -0.2) is 22.0 Å². The van der Waals surface area contributed by atoms with Gasteiger partial charge in [-0.3, -0.25) is 9.59 Å². The Morgan fingerprint density at radius 2 is 1.59 bits per heavy atom. The highest BCUT2D eigenvalue weighted by molar-refractivity contribution is 7.13. The number of halogens is 2. The Balaban J connectivity index is 1.51. The normalized spacial score (nSPS) is 10.4. The second kappa shape index (κ2) is 8.70. The smallest absolute Gasteiger partial charge is 0.286 e. The van der Waals surface area contributed by atoms with Crippen LogP contribution < -0.4 is 10.6 Å². The van der Waals surface area contributed by atoms with E-state index in [1.165, 1.54) is 24.3 Å².